The maximum atomic E-state index is 11.7. The highest BCUT2D eigenvalue weighted by Gasteiger charge is 2.24. The second kappa shape index (κ2) is 7.45. The first-order chi connectivity index (χ1) is 9.56. The molecule has 0 spiro atoms. The summed E-state index contributed by atoms with van der Waals surface area (Å²) in [6, 6.07) is 2.03. The van der Waals surface area contributed by atoms with Crippen molar-refractivity contribution < 1.29 is 19.1 Å². The molecule has 0 amide bonds. The third-order valence-electron chi connectivity index (χ3n) is 2.47. The zero-order valence-electron chi connectivity index (χ0n) is 11.5. The predicted molar refractivity (Wildman–Crippen MR) is 71.2 cm³/mol. The van der Waals surface area contributed by atoms with Crippen LogP contribution in [-0.2, 0) is 16.5 Å². The number of hydrogen-bond donors (Lipinski definition) is 0. The standard InChI is InChI=1S/C12H15N3O4S/c1-15-8(10(16)18-2)9(11(17)19-3)20-12(15)14-7-5-4-6-13/h4-5,7H2,1-3H3. The smallest absolute Gasteiger partial charge is 0.356 e. The van der Waals surface area contributed by atoms with Crippen molar-refractivity contribution in [1.82, 2.24) is 4.57 Å². The van der Waals surface area contributed by atoms with Crippen molar-refractivity contribution >= 4 is 23.3 Å². The molecule has 0 aliphatic rings. The molecule has 1 rings (SSSR count). The number of unbranched alkanes of at least 4 members (excludes halogenated alkanes) is 1. The van der Waals surface area contributed by atoms with Gasteiger partial charge in [-0.1, -0.05) is 11.3 Å². The van der Waals surface area contributed by atoms with Gasteiger partial charge in [-0.2, -0.15) is 5.26 Å². The maximum absolute atomic E-state index is 11.7. The van der Waals surface area contributed by atoms with Crippen LogP contribution < -0.4 is 4.80 Å². The second-order valence-corrected chi connectivity index (χ2v) is 4.73. The average Bonchev–Trinajstić information content (AvgIpc) is 2.79. The fourth-order valence-corrected chi connectivity index (χ4v) is 2.53. The van der Waals surface area contributed by atoms with Crippen molar-refractivity contribution in [2.24, 2.45) is 12.0 Å². The summed E-state index contributed by atoms with van der Waals surface area (Å²) < 4.78 is 10.8. The highest BCUT2D eigenvalue weighted by atomic mass is 32.1. The number of carbonyl (C=O) groups excluding carboxylic acids is 2. The summed E-state index contributed by atoms with van der Waals surface area (Å²) in [5.74, 6) is -1.23. The van der Waals surface area contributed by atoms with Crippen molar-refractivity contribution in [3.8, 4) is 6.07 Å². The van der Waals surface area contributed by atoms with Crippen LogP contribution >= 0.6 is 11.3 Å². The molecule has 0 aliphatic carbocycles. The highest BCUT2D eigenvalue weighted by Crippen LogP contribution is 2.14. The zero-order chi connectivity index (χ0) is 15.1. The number of ether oxygens (including phenoxy) is 2. The van der Waals surface area contributed by atoms with Gasteiger partial charge in [0, 0.05) is 20.0 Å². The van der Waals surface area contributed by atoms with Gasteiger partial charge in [0.05, 0.1) is 20.3 Å². The lowest BCUT2D eigenvalue weighted by Gasteiger charge is -2.02. The molecule has 7 nitrogen and oxygen atoms in total. The van der Waals surface area contributed by atoms with Crippen LogP contribution in [0.25, 0.3) is 0 Å². The van der Waals surface area contributed by atoms with Crippen LogP contribution in [0.4, 0.5) is 0 Å². The van der Waals surface area contributed by atoms with Gasteiger partial charge >= 0.3 is 11.9 Å². The molecule has 108 valence electrons. The van der Waals surface area contributed by atoms with Crippen LogP contribution in [0.1, 0.15) is 33.0 Å². The molecule has 0 aliphatic heterocycles. The molecule has 20 heavy (non-hydrogen) atoms. The van der Waals surface area contributed by atoms with Gasteiger partial charge in [0.2, 0.25) is 0 Å². The normalized spacial score (nSPS) is 11.0. The van der Waals surface area contributed by atoms with Crippen LogP contribution in [0.15, 0.2) is 4.99 Å². The maximum Gasteiger partial charge on any atom is 0.356 e. The van der Waals surface area contributed by atoms with Gasteiger partial charge in [-0.15, -0.1) is 0 Å². The number of esters is 2. The van der Waals surface area contributed by atoms with E-state index < -0.39 is 11.9 Å². The fourth-order valence-electron chi connectivity index (χ4n) is 1.48. The molecule has 1 aromatic rings. The summed E-state index contributed by atoms with van der Waals surface area (Å²) in [4.78, 5) is 28.3. The van der Waals surface area contributed by atoms with E-state index >= 15 is 0 Å². The number of methoxy groups -OCH3 is 2. The first-order valence-corrected chi connectivity index (χ1v) is 6.62. The molecule has 0 fully saturated rings. The second-order valence-electron chi connectivity index (χ2n) is 3.75. The van der Waals surface area contributed by atoms with Crippen LogP contribution in [-0.4, -0.2) is 37.3 Å². The topological polar surface area (TPSA) is 93.7 Å². The molecule has 0 radical (unpaired) electrons. The summed E-state index contributed by atoms with van der Waals surface area (Å²) in [5.41, 5.74) is 0.114. The molecular weight excluding hydrogens is 282 g/mol. The largest absolute Gasteiger partial charge is 0.465 e. The molecule has 1 heterocycles. The molecule has 0 bridgehead atoms. The quantitative estimate of drug-likeness (QED) is 0.593. The average molecular weight is 297 g/mol. The van der Waals surface area contributed by atoms with E-state index in [1.165, 1.54) is 18.8 Å². The van der Waals surface area contributed by atoms with E-state index in [9.17, 15) is 9.59 Å². The van der Waals surface area contributed by atoms with Crippen molar-refractivity contribution in [2.75, 3.05) is 20.8 Å². The van der Waals surface area contributed by atoms with Crippen LogP contribution in [0, 0.1) is 11.3 Å². The van der Waals surface area contributed by atoms with Crippen LogP contribution in [0.5, 0.6) is 0 Å². The number of rotatable bonds is 5. The minimum atomic E-state index is -0.623. The lowest BCUT2D eigenvalue weighted by atomic mass is 10.3. The van der Waals surface area contributed by atoms with E-state index in [4.69, 9.17) is 5.26 Å². The van der Waals surface area contributed by atoms with E-state index in [2.05, 4.69) is 14.5 Å². The number of nitriles is 1. The Morgan fingerprint density at radius 1 is 1.35 bits per heavy atom. The van der Waals surface area contributed by atoms with Gasteiger partial charge in [0.1, 0.15) is 4.88 Å². The Hall–Kier alpha value is -2.14. The van der Waals surface area contributed by atoms with Gasteiger partial charge in [-0.25, -0.2) is 9.59 Å². The number of aromatic nitrogens is 1. The number of nitrogens with zero attached hydrogens (tertiary/aromatic N) is 3. The van der Waals surface area contributed by atoms with Gasteiger partial charge in [0.15, 0.2) is 10.5 Å². The van der Waals surface area contributed by atoms with Crippen molar-refractivity contribution in [1.29, 1.82) is 5.26 Å². The van der Waals surface area contributed by atoms with Gasteiger partial charge in [-0.3, -0.25) is 4.99 Å². The first kappa shape index (κ1) is 15.9. The monoisotopic (exact) mass is 297 g/mol. The van der Waals surface area contributed by atoms with E-state index in [-0.39, 0.29) is 10.6 Å². The lowest BCUT2D eigenvalue weighted by Crippen LogP contribution is -2.19. The molecule has 0 unspecified atom stereocenters. The van der Waals surface area contributed by atoms with Crippen LogP contribution in [0.2, 0.25) is 0 Å². The minimum Gasteiger partial charge on any atom is -0.465 e. The minimum absolute atomic E-state index is 0.114. The summed E-state index contributed by atoms with van der Waals surface area (Å²) in [6.07, 6.45) is 1.03. The molecule has 8 heteroatoms. The Morgan fingerprint density at radius 2 is 2.00 bits per heavy atom. The number of carbonyl (C=O) groups is 2. The molecule has 1 aromatic heterocycles. The SMILES string of the molecule is COC(=O)c1sc(=NCCCC#N)n(C)c1C(=O)OC. The fraction of sp³-hybridized carbons (Fsp3) is 0.500. The van der Waals surface area contributed by atoms with Gasteiger partial charge in [-0.05, 0) is 6.42 Å². The summed E-state index contributed by atoms with van der Waals surface area (Å²) in [7, 11) is 4.11. The summed E-state index contributed by atoms with van der Waals surface area (Å²) >= 11 is 1.06. The Kier molecular flexibility index (Phi) is 5.93. The molecule has 0 aromatic carbocycles. The van der Waals surface area contributed by atoms with Crippen molar-refractivity contribution in [2.45, 2.75) is 12.8 Å². The first-order valence-electron chi connectivity index (χ1n) is 5.80. The predicted octanol–water partition coefficient (Wildman–Crippen LogP) is 0.864. The Labute approximate surface area is 120 Å². The highest BCUT2D eigenvalue weighted by molar-refractivity contribution is 7.11. The van der Waals surface area contributed by atoms with Crippen LogP contribution in [0.3, 0.4) is 0 Å². The van der Waals surface area contributed by atoms with Crippen molar-refractivity contribution in [3.05, 3.63) is 15.4 Å². The van der Waals surface area contributed by atoms with E-state index in [0.29, 0.717) is 24.2 Å². The summed E-state index contributed by atoms with van der Waals surface area (Å²) in [6.45, 7) is 0.448. The number of thiazole rings is 1. The Bertz CT molecular complexity index is 609. The van der Waals surface area contributed by atoms with Gasteiger partial charge in [0.25, 0.3) is 0 Å². The number of hydrogen-bond acceptors (Lipinski definition) is 7. The van der Waals surface area contributed by atoms with Crippen molar-refractivity contribution in [3.63, 3.8) is 0 Å². The molecule has 0 saturated carbocycles. The molecule has 0 atom stereocenters. The third-order valence-corrected chi connectivity index (χ3v) is 3.62. The Balaban J connectivity index is 3.22. The van der Waals surface area contributed by atoms with E-state index in [1.807, 2.05) is 6.07 Å². The third kappa shape index (κ3) is 3.45. The zero-order valence-corrected chi connectivity index (χ0v) is 12.3. The van der Waals surface area contributed by atoms with E-state index in [1.54, 1.807) is 7.05 Å². The summed E-state index contributed by atoms with van der Waals surface area (Å²) in [5, 5.41) is 8.46. The van der Waals surface area contributed by atoms with Gasteiger partial charge < -0.3 is 14.0 Å². The molecule has 0 N–H and O–H groups in total. The molecular formula is C12H15N3O4S. The Morgan fingerprint density at radius 3 is 2.55 bits per heavy atom. The van der Waals surface area contributed by atoms with E-state index in [0.717, 1.165) is 11.3 Å². The lowest BCUT2D eigenvalue weighted by molar-refractivity contribution is 0.0550. The molecule has 0 saturated heterocycles.